The molecule has 1 aliphatic carbocycles. The number of carbonyl (C=O) groups is 1. The van der Waals surface area contributed by atoms with Gasteiger partial charge in [-0.05, 0) is 57.1 Å². The molecule has 0 unspecified atom stereocenters. The summed E-state index contributed by atoms with van der Waals surface area (Å²) in [4.78, 5) is 11.7. The standard InChI is InChI=1S/C20H32N2O2/c1-14(2)10-15-6-8-16(9-7-15)13-21-17-11-18(12-17)22-19(23)24-20(3,4)5/h6-9,14,17-18,21H,10-13H2,1-5H3,(H,22,23). The maximum atomic E-state index is 11.7. The van der Waals surface area contributed by atoms with Crippen molar-refractivity contribution >= 4 is 6.09 Å². The summed E-state index contributed by atoms with van der Waals surface area (Å²) < 4.78 is 5.28. The summed E-state index contributed by atoms with van der Waals surface area (Å²) in [6, 6.07) is 9.57. The second-order valence-electron chi connectivity index (χ2n) is 8.31. The molecule has 0 aliphatic heterocycles. The number of hydrogen-bond donors (Lipinski definition) is 2. The number of alkyl carbamates (subject to hydrolysis) is 1. The maximum absolute atomic E-state index is 11.7. The summed E-state index contributed by atoms with van der Waals surface area (Å²) in [5.41, 5.74) is 2.28. The van der Waals surface area contributed by atoms with E-state index in [0.717, 1.165) is 25.8 Å². The third-order valence-corrected chi connectivity index (χ3v) is 4.12. The Morgan fingerprint density at radius 2 is 1.71 bits per heavy atom. The first-order valence-electron chi connectivity index (χ1n) is 9.02. The minimum atomic E-state index is -0.437. The Morgan fingerprint density at radius 3 is 2.25 bits per heavy atom. The van der Waals surface area contributed by atoms with Gasteiger partial charge in [0.1, 0.15) is 5.60 Å². The van der Waals surface area contributed by atoms with Gasteiger partial charge in [-0.1, -0.05) is 38.1 Å². The van der Waals surface area contributed by atoms with E-state index in [1.807, 2.05) is 20.8 Å². The molecule has 0 spiro atoms. The fourth-order valence-electron chi connectivity index (χ4n) is 2.90. The number of nitrogens with one attached hydrogen (secondary N) is 2. The fourth-order valence-corrected chi connectivity index (χ4v) is 2.90. The van der Waals surface area contributed by atoms with Crippen LogP contribution in [-0.4, -0.2) is 23.8 Å². The zero-order chi connectivity index (χ0) is 17.7. The van der Waals surface area contributed by atoms with Gasteiger partial charge in [0.15, 0.2) is 0 Å². The number of benzene rings is 1. The Bertz CT molecular complexity index is 526. The quantitative estimate of drug-likeness (QED) is 0.827. The molecule has 134 valence electrons. The molecule has 1 aromatic carbocycles. The molecule has 0 radical (unpaired) electrons. The zero-order valence-corrected chi connectivity index (χ0v) is 15.7. The third kappa shape index (κ3) is 6.52. The largest absolute Gasteiger partial charge is 0.444 e. The highest BCUT2D eigenvalue weighted by atomic mass is 16.6. The van der Waals surface area contributed by atoms with Crippen molar-refractivity contribution in [2.24, 2.45) is 5.92 Å². The molecule has 4 heteroatoms. The molecule has 0 saturated heterocycles. The molecule has 2 rings (SSSR count). The summed E-state index contributed by atoms with van der Waals surface area (Å²) in [6.45, 7) is 11.0. The van der Waals surface area contributed by atoms with Crippen LogP contribution in [0.1, 0.15) is 58.6 Å². The zero-order valence-electron chi connectivity index (χ0n) is 15.7. The van der Waals surface area contributed by atoms with Crippen molar-refractivity contribution < 1.29 is 9.53 Å². The maximum Gasteiger partial charge on any atom is 0.407 e. The van der Waals surface area contributed by atoms with Crippen molar-refractivity contribution in [3.63, 3.8) is 0 Å². The van der Waals surface area contributed by atoms with Gasteiger partial charge < -0.3 is 15.4 Å². The van der Waals surface area contributed by atoms with Crippen LogP contribution < -0.4 is 10.6 Å². The Labute approximate surface area is 146 Å². The number of carbonyl (C=O) groups excluding carboxylic acids is 1. The average Bonchev–Trinajstić information content (AvgIpc) is 2.40. The van der Waals surface area contributed by atoms with Gasteiger partial charge in [-0.3, -0.25) is 0 Å². The van der Waals surface area contributed by atoms with E-state index in [0.29, 0.717) is 12.0 Å². The summed E-state index contributed by atoms with van der Waals surface area (Å²) >= 11 is 0. The van der Waals surface area contributed by atoms with E-state index in [1.165, 1.54) is 11.1 Å². The smallest absolute Gasteiger partial charge is 0.407 e. The second kappa shape index (κ2) is 8.02. The lowest BCUT2D eigenvalue weighted by atomic mass is 9.86. The van der Waals surface area contributed by atoms with Crippen molar-refractivity contribution in [1.29, 1.82) is 0 Å². The molecule has 24 heavy (non-hydrogen) atoms. The van der Waals surface area contributed by atoms with Crippen molar-refractivity contribution in [2.75, 3.05) is 0 Å². The molecule has 1 saturated carbocycles. The highest BCUT2D eigenvalue weighted by molar-refractivity contribution is 5.68. The molecule has 1 fully saturated rings. The van der Waals surface area contributed by atoms with Crippen LogP contribution in [0.5, 0.6) is 0 Å². The summed E-state index contributed by atoms with van der Waals surface area (Å²) in [5.74, 6) is 0.693. The predicted octanol–water partition coefficient (Wildman–Crippen LogP) is 4.03. The van der Waals surface area contributed by atoms with E-state index in [2.05, 4.69) is 48.7 Å². The van der Waals surface area contributed by atoms with Crippen molar-refractivity contribution in [3.8, 4) is 0 Å². The number of hydrogen-bond acceptors (Lipinski definition) is 3. The molecular weight excluding hydrogens is 300 g/mol. The van der Waals surface area contributed by atoms with Crippen LogP contribution in [0.3, 0.4) is 0 Å². The lowest BCUT2D eigenvalue weighted by Gasteiger charge is -2.36. The molecule has 2 N–H and O–H groups in total. The van der Waals surface area contributed by atoms with E-state index >= 15 is 0 Å². The summed E-state index contributed by atoms with van der Waals surface area (Å²) in [7, 11) is 0. The van der Waals surface area contributed by atoms with E-state index < -0.39 is 5.60 Å². The Balaban J connectivity index is 1.64. The molecule has 4 nitrogen and oxygen atoms in total. The Hall–Kier alpha value is -1.55. The minimum absolute atomic E-state index is 0.228. The molecular formula is C20H32N2O2. The molecule has 0 atom stereocenters. The van der Waals surface area contributed by atoms with Crippen LogP contribution in [-0.2, 0) is 17.7 Å². The van der Waals surface area contributed by atoms with Gasteiger partial charge in [0.25, 0.3) is 0 Å². The van der Waals surface area contributed by atoms with Crippen molar-refractivity contribution in [1.82, 2.24) is 10.6 Å². The Morgan fingerprint density at radius 1 is 1.12 bits per heavy atom. The van der Waals surface area contributed by atoms with E-state index in [4.69, 9.17) is 4.74 Å². The van der Waals surface area contributed by atoms with Crippen LogP contribution in [0.15, 0.2) is 24.3 Å². The van der Waals surface area contributed by atoms with Crippen LogP contribution in [0.2, 0.25) is 0 Å². The average molecular weight is 332 g/mol. The van der Waals surface area contributed by atoms with Crippen LogP contribution >= 0.6 is 0 Å². The van der Waals surface area contributed by atoms with Crippen LogP contribution in [0.25, 0.3) is 0 Å². The van der Waals surface area contributed by atoms with Crippen LogP contribution in [0.4, 0.5) is 4.79 Å². The Kier molecular flexibility index (Phi) is 6.27. The van der Waals surface area contributed by atoms with Crippen LogP contribution in [0, 0.1) is 5.92 Å². The normalized spacial score (nSPS) is 20.6. The molecule has 1 aromatic rings. The van der Waals surface area contributed by atoms with Gasteiger partial charge >= 0.3 is 6.09 Å². The lowest BCUT2D eigenvalue weighted by molar-refractivity contribution is 0.0465. The second-order valence-corrected chi connectivity index (χ2v) is 8.31. The van der Waals surface area contributed by atoms with Gasteiger partial charge in [-0.15, -0.1) is 0 Å². The number of amides is 1. The molecule has 0 heterocycles. The summed E-state index contributed by atoms with van der Waals surface area (Å²) in [5, 5.41) is 6.48. The first-order valence-corrected chi connectivity index (χ1v) is 9.02. The summed E-state index contributed by atoms with van der Waals surface area (Å²) in [6.07, 6.45) is 2.75. The van der Waals surface area contributed by atoms with Crippen molar-refractivity contribution in [2.45, 2.75) is 78.1 Å². The van der Waals surface area contributed by atoms with Gasteiger partial charge in [-0.2, -0.15) is 0 Å². The topological polar surface area (TPSA) is 50.4 Å². The molecule has 1 aliphatic rings. The number of rotatable bonds is 6. The highest BCUT2D eigenvalue weighted by Gasteiger charge is 2.31. The first-order chi connectivity index (χ1) is 11.2. The monoisotopic (exact) mass is 332 g/mol. The number of ether oxygens (including phenoxy) is 1. The molecule has 0 aromatic heterocycles. The van der Waals surface area contributed by atoms with E-state index in [-0.39, 0.29) is 12.1 Å². The van der Waals surface area contributed by atoms with Gasteiger partial charge in [0.05, 0.1) is 0 Å². The van der Waals surface area contributed by atoms with Gasteiger partial charge in [0.2, 0.25) is 0 Å². The lowest BCUT2D eigenvalue weighted by Crippen LogP contribution is -2.52. The van der Waals surface area contributed by atoms with Gasteiger partial charge in [0, 0.05) is 18.6 Å². The highest BCUT2D eigenvalue weighted by Crippen LogP contribution is 2.21. The van der Waals surface area contributed by atoms with E-state index in [1.54, 1.807) is 0 Å². The third-order valence-electron chi connectivity index (χ3n) is 4.12. The van der Waals surface area contributed by atoms with Crippen molar-refractivity contribution in [3.05, 3.63) is 35.4 Å². The molecule has 1 amide bonds. The predicted molar refractivity (Wildman–Crippen MR) is 98.0 cm³/mol. The first kappa shape index (κ1) is 18.8. The SMILES string of the molecule is CC(C)Cc1ccc(CNC2CC(NC(=O)OC(C)(C)C)C2)cc1. The molecule has 0 bridgehead atoms. The minimum Gasteiger partial charge on any atom is -0.444 e. The van der Waals surface area contributed by atoms with E-state index in [9.17, 15) is 4.79 Å². The fraction of sp³-hybridized carbons (Fsp3) is 0.650. The van der Waals surface area contributed by atoms with Gasteiger partial charge in [-0.25, -0.2) is 4.79 Å².